The van der Waals surface area contributed by atoms with E-state index in [0.29, 0.717) is 23.3 Å². The molecule has 1 aliphatic heterocycles. The summed E-state index contributed by atoms with van der Waals surface area (Å²) in [6, 6.07) is 4.86. The fourth-order valence-corrected chi connectivity index (χ4v) is 2.69. The summed E-state index contributed by atoms with van der Waals surface area (Å²) in [6.45, 7) is 3.09. The molecule has 1 aromatic carbocycles. The quantitative estimate of drug-likeness (QED) is 0.923. The third-order valence-corrected chi connectivity index (χ3v) is 3.88. The van der Waals surface area contributed by atoms with Crippen LogP contribution in [0.2, 0.25) is 5.02 Å². The Morgan fingerprint density at radius 3 is 3.05 bits per heavy atom. The van der Waals surface area contributed by atoms with E-state index in [1.165, 1.54) is 12.1 Å². The molecule has 0 saturated carbocycles. The average Bonchev–Trinajstić information content (AvgIpc) is 2.92. The van der Waals surface area contributed by atoms with E-state index in [1.807, 2.05) is 0 Å². The minimum absolute atomic E-state index is 0.0596. The summed E-state index contributed by atoms with van der Waals surface area (Å²) in [7, 11) is 0. The summed E-state index contributed by atoms with van der Waals surface area (Å²) >= 11 is 5.77. The molecule has 3 rings (SSSR count). The normalized spacial score (nSPS) is 22.9. The minimum atomic E-state index is -0.452. The Labute approximate surface area is 121 Å². The van der Waals surface area contributed by atoms with E-state index >= 15 is 0 Å². The van der Waals surface area contributed by atoms with Crippen LogP contribution in [0.4, 0.5) is 4.39 Å². The molecule has 2 unspecified atom stereocenters. The molecule has 20 heavy (non-hydrogen) atoms. The lowest BCUT2D eigenvalue weighted by molar-refractivity contribution is 0.295. The van der Waals surface area contributed by atoms with E-state index in [4.69, 9.17) is 16.1 Å². The minimum Gasteiger partial charge on any atom is -0.339 e. The van der Waals surface area contributed by atoms with Crippen LogP contribution in [0.5, 0.6) is 0 Å². The molecule has 0 bridgehead atoms. The van der Waals surface area contributed by atoms with Crippen molar-refractivity contribution in [1.82, 2.24) is 15.5 Å². The fourth-order valence-electron chi connectivity index (χ4n) is 2.51. The summed E-state index contributed by atoms with van der Waals surface area (Å²) in [5.41, 5.74) is 0.661. The van der Waals surface area contributed by atoms with Crippen LogP contribution in [0, 0.1) is 5.82 Å². The molecule has 1 aliphatic rings. The van der Waals surface area contributed by atoms with Gasteiger partial charge in [0.05, 0.1) is 5.02 Å². The first-order valence-electron chi connectivity index (χ1n) is 6.66. The van der Waals surface area contributed by atoms with Crippen LogP contribution in [-0.4, -0.2) is 22.7 Å². The molecule has 0 amide bonds. The van der Waals surface area contributed by atoms with Crippen molar-refractivity contribution in [2.75, 3.05) is 6.54 Å². The van der Waals surface area contributed by atoms with E-state index < -0.39 is 5.82 Å². The molecule has 1 aromatic heterocycles. The molecular formula is C14H15ClFN3O. The predicted molar refractivity (Wildman–Crippen MR) is 74.1 cm³/mol. The smallest absolute Gasteiger partial charge is 0.230 e. The Hall–Kier alpha value is -1.46. The Balaban J connectivity index is 1.84. The van der Waals surface area contributed by atoms with E-state index in [1.54, 1.807) is 6.07 Å². The number of nitrogens with zero attached hydrogens (tertiary/aromatic N) is 2. The third kappa shape index (κ3) is 2.69. The molecule has 0 spiro atoms. The zero-order valence-corrected chi connectivity index (χ0v) is 11.8. The van der Waals surface area contributed by atoms with E-state index in [9.17, 15) is 4.39 Å². The number of aromatic nitrogens is 2. The second-order valence-electron chi connectivity index (χ2n) is 5.16. The van der Waals surface area contributed by atoms with Crippen LogP contribution >= 0.6 is 11.6 Å². The molecule has 1 fully saturated rings. The van der Waals surface area contributed by atoms with E-state index in [0.717, 1.165) is 19.4 Å². The first-order chi connectivity index (χ1) is 9.63. The molecule has 6 heteroatoms. The molecular weight excluding hydrogens is 281 g/mol. The Bertz CT molecular complexity index is 616. The average molecular weight is 296 g/mol. The zero-order valence-electron chi connectivity index (χ0n) is 11.1. The topological polar surface area (TPSA) is 51.0 Å². The van der Waals surface area contributed by atoms with Crippen molar-refractivity contribution >= 4 is 11.6 Å². The van der Waals surface area contributed by atoms with Gasteiger partial charge in [0, 0.05) is 17.5 Å². The molecule has 1 N–H and O–H groups in total. The fraction of sp³-hybridized carbons (Fsp3) is 0.429. The van der Waals surface area contributed by atoms with Crippen molar-refractivity contribution in [2.45, 2.75) is 31.7 Å². The van der Waals surface area contributed by atoms with Gasteiger partial charge in [-0.05, 0) is 44.5 Å². The molecule has 2 atom stereocenters. The van der Waals surface area contributed by atoms with E-state index in [2.05, 4.69) is 22.4 Å². The SMILES string of the molecule is CC1CC(c2nc(-c3ccc(F)c(Cl)c3)no2)CCN1. The number of nitrogens with one attached hydrogen (secondary N) is 1. The molecule has 2 aromatic rings. The molecule has 0 aliphatic carbocycles. The molecule has 106 valence electrons. The lowest BCUT2D eigenvalue weighted by atomic mass is 9.93. The third-order valence-electron chi connectivity index (χ3n) is 3.59. The van der Waals surface area contributed by atoms with Gasteiger partial charge >= 0.3 is 0 Å². The second-order valence-corrected chi connectivity index (χ2v) is 5.57. The summed E-state index contributed by atoms with van der Waals surface area (Å²) in [4.78, 5) is 4.42. The first-order valence-corrected chi connectivity index (χ1v) is 7.03. The monoisotopic (exact) mass is 295 g/mol. The summed E-state index contributed by atoms with van der Waals surface area (Å²) in [6.07, 6.45) is 1.96. The van der Waals surface area contributed by atoms with Gasteiger partial charge < -0.3 is 9.84 Å². The van der Waals surface area contributed by atoms with Gasteiger partial charge in [-0.3, -0.25) is 0 Å². The Kier molecular flexibility index (Phi) is 3.72. The number of hydrogen-bond donors (Lipinski definition) is 1. The molecule has 4 nitrogen and oxygen atoms in total. The summed E-state index contributed by atoms with van der Waals surface area (Å²) in [5.74, 6) is 0.927. The molecule has 0 radical (unpaired) electrons. The Morgan fingerprint density at radius 2 is 2.30 bits per heavy atom. The van der Waals surface area contributed by atoms with Crippen molar-refractivity contribution in [1.29, 1.82) is 0 Å². The highest BCUT2D eigenvalue weighted by Gasteiger charge is 2.25. The first kappa shape index (κ1) is 13.5. The molecule has 1 saturated heterocycles. The summed E-state index contributed by atoms with van der Waals surface area (Å²) < 4.78 is 18.5. The largest absolute Gasteiger partial charge is 0.339 e. The number of rotatable bonds is 2. The maximum Gasteiger partial charge on any atom is 0.230 e. The van der Waals surface area contributed by atoms with Crippen molar-refractivity contribution in [2.24, 2.45) is 0 Å². The van der Waals surface area contributed by atoms with Crippen LogP contribution in [0.15, 0.2) is 22.7 Å². The number of halogens is 2. The highest BCUT2D eigenvalue weighted by Crippen LogP contribution is 2.29. The zero-order chi connectivity index (χ0) is 14.1. The van der Waals surface area contributed by atoms with Crippen LogP contribution in [0.1, 0.15) is 31.6 Å². The standard InChI is InChI=1S/C14H15ClFN3O/c1-8-6-10(4-5-17-8)14-18-13(19-20-14)9-2-3-12(16)11(15)7-9/h2-3,7-8,10,17H,4-6H2,1H3. The summed E-state index contributed by atoms with van der Waals surface area (Å²) in [5, 5.41) is 7.41. The number of hydrogen-bond acceptors (Lipinski definition) is 4. The van der Waals surface area contributed by atoms with Crippen molar-refractivity contribution in [3.8, 4) is 11.4 Å². The van der Waals surface area contributed by atoms with Crippen LogP contribution in [-0.2, 0) is 0 Å². The Morgan fingerprint density at radius 1 is 1.45 bits per heavy atom. The lowest BCUT2D eigenvalue weighted by Gasteiger charge is -2.25. The van der Waals surface area contributed by atoms with Gasteiger partial charge in [0.25, 0.3) is 0 Å². The van der Waals surface area contributed by atoms with Gasteiger partial charge in [0.15, 0.2) is 0 Å². The predicted octanol–water partition coefficient (Wildman–Crippen LogP) is 3.38. The van der Waals surface area contributed by atoms with Crippen LogP contribution in [0.3, 0.4) is 0 Å². The van der Waals surface area contributed by atoms with Crippen molar-refractivity contribution in [3.63, 3.8) is 0 Å². The van der Waals surface area contributed by atoms with Gasteiger partial charge in [-0.15, -0.1) is 0 Å². The van der Waals surface area contributed by atoms with Gasteiger partial charge in [0.2, 0.25) is 11.7 Å². The number of piperidine rings is 1. The van der Waals surface area contributed by atoms with E-state index in [-0.39, 0.29) is 10.9 Å². The maximum absolute atomic E-state index is 13.2. The number of benzene rings is 1. The highest BCUT2D eigenvalue weighted by molar-refractivity contribution is 6.31. The van der Waals surface area contributed by atoms with Crippen molar-refractivity contribution in [3.05, 3.63) is 34.9 Å². The maximum atomic E-state index is 13.2. The van der Waals surface area contributed by atoms with Crippen LogP contribution in [0.25, 0.3) is 11.4 Å². The van der Waals surface area contributed by atoms with Gasteiger partial charge in [0.1, 0.15) is 5.82 Å². The lowest BCUT2D eigenvalue weighted by Crippen LogP contribution is -2.34. The van der Waals surface area contributed by atoms with Gasteiger partial charge in [-0.1, -0.05) is 16.8 Å². The van der Waals surface area contributed by atoms with Crippen molar-refractivity contribution < 1.29 is 8.91 Å². The molecule has 2 heterocycles. The second kappa shape index (κ2) is 5.50. The highest BCUT2D eigenvalue weighted by atomic mass is 35.5. The van der Waals surface area contributed by atoms with Gasteiger partial charge in [-0.25, -0.2) is 4.39 Å². The van der Waals surface area contributed by atoms with Gasteiger partial charge in [-0.2, -0.15) is 4.98 Å². The van der Waals surface area contributed by atoms with Crippen LogP contribution < -0.4 is 5.32 Å².